The van der Waals surface area contributed by atoms with E-state index in [2.05, 4.69) is 4.98 Å². The van der Waals surface area contributed by atoms with Gasteiger partial charge >= 0.3 is 0 Å². The summed E-state index contributed by atoms with van der Waals surface area (Å²) in [7, 11) is -6.14. The van der Waals surface area contributed by atoms with Gasteiger partial charge in [-0.25, -0.2) is 9.97 Å². The third-order valence-electron chi connectivity index (χ3n) is 8.15. The van der Waals surface area contributed by atoms with Crippen LogP contribution in [0.4, 0.5) is 0 Å². The first-order valence-electron chi connectivity index (χ1n) is 15.0. The number of hydrogen-bond donors (Lipinski definition) is 0. The van der Waals surface area contributed by atoms with Gasteiger partial charge in [-0.15, -0.1) is 0 Å². The van der Waals surface area contributed by atoms with Gasteiger partial charge < -0.3 is 9.13 Å². The number of nitrogens with zero attached hydrogens (tertiary/aromatic N) is 2. The van der Waals surface area contributed by atoms with Crippen molar-refractivity contribution in [2.24, 2.45) is 0 Å². The predicted molar refractivity (Wildman–Crippen MR) is 192 cm³/mol. The Kier molecular flexibility index (Phi) is 8.16. The molecule has 0 atom stereocenters. The number of aromatic nitrogens is 2. The smallest absolute Gasteiger partial charge is 0.171 e. The number of benzene rings is 6. The van der Waals surface area contributed by atoms with Crippen LogP contribution >= 0.6 is 14.3 Å². The molecule has 0 aliphatic heterocycles. The molecule has 6 heteroatoms. The Hall–Kier alpha value is -5.14. The minimum absolute atomic E-state index is 0.571. The highest BCUT2D eigenvalue weighted by Crippen LogP contribution is 2.43. The van der Waals surface area contributed by atoms with E-state index in [0.717, 1.165) is 48.6 Å². The van der Waals surface area contributed by atoms with E-state index in [1.165, 1.54) is 0 Å². The van der Waals surface area contributed by atoms with E-state index in [-0.39, 0.29) is 0 Å². The Bertz CT molecular complexity index is 1930. The second-order valence-electron chi connectivity index (χ2n) is 10.9. The summed E-state index contributed by atoms with van der Waals surface area (Å²) < 4.78 is 29.5. The summed E-state index contributed by atoms with van der Waals surface area (Å²) in [6.45, 7) is 0. The molecule has 6 aromatic carbocycles. The minimum atomic E-state index is -3.07. The van der Waals surface area contributed by atoms with Gasteiger partial charge in [0.05, 0.1) is 5.69 Å². The van der Waals surface area contributed by atoms with Gasteiger partial charge in [0, 0.05) is 49.2 Å². The van der Waals surface area contributed by atoms with Gasteiger partial charge in [-0.2, -0.15) is 0 Å². The molecule has 0 unspecified atom stereocenters. The van der Waals surface area contributed by atoms with Crippen LogP contribution in [0.25, 0.3) is 22.6 Å². The van der Waals surface area contributed by atoms with Crippen molar-refractivity contribution in [1.82, 2.24) is 9.97 Å². The van der Waals surface area contributed by atoms with Crippen molar-refractivity contribution in [3.05, 3.63) is 182 Å². The maximum Gasteiger partial charge on any atom is 0.171 e. The average molecular weight is 633 g/mol. The van der Waals surface area contributed by atoms with Gasteiger partial charge in [-0.05, 0) is 6.07 Å². The summed E-state index contributed by atoms with van der Waals surface area (Å²) in [6.07, 6.45) is 1.75. The molecule has 0 radical (unpaired) electrons. The van der Waals surface area contributed by atoms with Crippen LogP contribution in [0.1, 0.15) is 0 Å². The lowest BCUT2D eigenvalue weighted by atomic mass is 10.1. The van der Waals surface area contributed by atoms with E-state index < -0.39 is 14.3 Å². The summed E-state index contributed by atoms with van der Waals surface area (Å²) >= 11 is 0. The third kappa shape index (κ3) is 5.48. The summed E-state index contributed by atoms with van der Waals surface area (Å²) in [4.78, 5) is 9.44. The van der Waals surface area contributed by atoms with Crippen LogP contribution < -0.4 is 31.8 Å². The van der Waals surface area contributed by atoms with Crippen molar-refractivity contribution in [2.75, 3.05) is 0 Å². The molecule has 0 fully saturated rings. The van der Waals surface area contributed by atoms with Gasteiger partial charge in [-0.3, -0.25) is 0 Å². The lowest BCUT2D eigenvalue weighted by molar-refractivity contribution is 0.591. The van der Waals surface area contributed by atoms with Crippen molar-refractivity contribution in [1.29, 1.82) is 0 Å². The molecule has 222 valence electrons. The van der Waals surface area contributed by atoms with E-state index in [1.54, 1.807) is 6.20 Å². The molecule has 0 N–H and O–H groups in total. The van der Waals surface area contributed by atoms with Gasteiger partial charge in [0.2, 0.25) is 0 Å². The van der Waals surface area contributed by atoms with Crippen LogP contribution in [0.2, 0.25) is 0 Å². The SMILES string of the molecule is O=P(c1ccccc1)(c1ccccc1)c1ccc(-c2ccnc(-c3ccc(P(=O)(c4ccccc4)c4ccccc4)cc3)n2)cc1. The summed E-state index contributed by atoms with van der Waals surface area (Å²) in [5.74, 6) is 0.571. The van der Waals surface area contributed by atoms with E-state index in [1.807, 2.05) is 176 Å². The molecule has 0 bridgehead atoms. The van der Waals surface area contributed by atoms with Crippen LogP contribution in [0, 0.1) is 0 Å². The van der Waals surface area contributed by atoms with Crippen LogP contribution in [0.3, 0.4) is 0 Å². The Morgan fingerprint density at radius 2 is 0.674 bits per heavy atom. The molecule has 7 aromatic rings. The van der Waals surface area contributed by atoms with Crippen LogP contribution in [0.5, 0.6) is 0 Å². The van der Waals surface area contributed by atoms with Gasteiger partial charge in [0.1, 0.15) is 0 Å². The molecular formula is C40H30N2O2P2. The molecule has 0 amide bonds. The summed E-state index contributed by atoms with van der Waals surface area (Å²) in [5, 5.41) is 4.69. The second kappa shape index (κ2) is 12.7. The van der Waals surface area contributed by atoms with Gasteiger partial charge in [-0.1, -0.05) is 170 Å². The zero-order valence-electron chi connectivity index (χ0n) is 24.9. The van der Waals surface area contributed by atoms with Crippen LogP contribution in [-0.2, 0) is 9.13 Å². The monoisotopic (exact) mass is 632 g/mol. The highest BCUT2D eigenvalue weighted by molar-refractivity contribution is 7.85. The molecule has 46 heavy (non-hydrogen) atoms. The van der Waals surface area contributed by atoms with Crippen LogP contribution in [-0.4, -0.2) is 9.97 Å². The number of hydrogen-bond acceptors (Lipinski definition) is 4. The largest absolute Gasteiger partial charge is 0.309 e. The molecule has 0 aliphatic rings. The Morgan fingerprint density at radius 1 is 0.348 bits per heavy atom. The molecule has 4 nitrogen and oxygen atoms in total. The lowest BCUT2D eigenvalue weighted by Crippen LogP contribution is -2.24. The molecule has 1 heterocycles. The Morgan fingerprint density at radius 3 is 1.04 bits per heavy atom. The Balaban J connectivity index is 1.21. The maximum atomic E-state index is 14.7. The molecule has 1 aromatic heterocycles. The summed E-state index contributed by atoms with van der Waals surface area (Å²) in [6, 6.07) is 56.0. The van der Waals surface area contributed by atoms with Crippen molar-refractivity contribution in [2.45, 2.75) is 0 Å². The van der Waals surface area contributed by atoms with E-state index in [4.69, 9.17) is 4.98 Å². The molecule has 0 saturated heterocycles. The first-order chi connectivity index (χ1) is 22.6. The average Bonchev–Trinajstić information content (AvgIpc) is 3.16. The first-order valence-corrected chi connectivity index (χ1v) is 18.5. The lowest BCUT2D eigenvalue weighted by Gasteiger charge is -2.20. The molecule has 0 saturated carbocycles. The van der Waals surface area contributed by atoms with E-state index in [0.29, 0.717) is 5.82 Å². The topological polar surface area (TPSA) is 59.9 Å². The van der Waals surface area contributed by atoms with E-state index >= 15 is 0 Å². The Labute approximate surface area is 269 Å². The van der Waals surface area contributed by atoms with Gasteiger partial charge in [0.15, 0.2) is 20.1 Å². The zero-order valence-corrected chi connectivity index (χ0v) is 26.7. The van der Waals surface area contributed by atoms with Crippen molar-refractivity contribution in [3.8, 4) is 22.6 Å². The fraction of sp³-hybridized carbons (Fsp3) is 0. The highest BCUT2D eigenvalue weighted by atomic mass is 31.2. The normalized spacial score (nSPS) is 11.7. The fourth-order valence-corrected chi connectivity index (χ4v) is 11.1. The van der Waals surface area contributed by atoms with Gasteiger partial charge in [0.25, 0.3) is 0 Å². The minimum Gasteiger partial charge on any atom is -0.309 e. The molecule has 7 rings (SSSR count). The van der Waals surface area contributed by atoms with Crippen molar-refractivity contribution >= 4 is 46.1 Å². The summed E-state index contributed by atoms with van der Waals surface area (Å²) in [5.41, 5.74) is 2.48. The first kappa shape index (κ1) is 29.6. The van der Waals surface area contributed by atoms with E-state index in [9.17, 15) is 9.13 Å². The fourth-order valence-electron chi connectivity index (χ4n) is 5.77. The second-order valence-corrected chi connectivity index (χ2v) is 16.5. The molecular weight excluding hydrogens is 602 g/mol. The van der Waals surface area contributed by atoms with Crippen molar-refractivity contribution < 1.29 is 9.13 Å². The molecule has 0 aliphatic carbocycles. The quantitative estimate of drug-likeness (QED) is 0.168. The van der Waals surface area contributed by atoms with Crippen molar-refractivity contribution in [3.63, 3.8) is 0 Å². The zero-order chi connectivity index (χ0) is 31.4. The highest BCUT2D eigenvalue weighted by Gasteiger charge is 2.30. The standard InChI is InChI=1S/C40H30N2O2P2/c43-45(33-13-5-1-6-14-33,34-15-7-2-8-16-34)37-25-21-31(22-26-37)39-29-30-41-40(42-39)32-23-27-38(28-24-32)46(44,35-17-9-3-10-18-35)36-19-11-4-12-20-36/h1-30H. The maximum absolute atomic E-state index is 14.7. The number of rotatable bonds is 8. The molecule has 0 spiro atoms. The van der Waals surface area contributed by atoms with Crippen LogP contribution in [0.15, 0.2) is 182 Å². The third-order valence-corrected chi connectivity index (χ3v) is 14.3. The predicted octanol–water partition coefficient (Wildman–Crippen LogP) is 7.09.